The van der Waals surface area contributed by atoms with Crippen LogP contribution in [0.15, 0.2) is 60.7 Å². The van der Waals surface area contributed by atoms with Crippen molar-refractivity contribution in [3.8, 4) is 0 Å². The van der Waals surface area contributed by atoms with Gasteiger partial charge < -0.3 is 9.31 Å². The van der Waals surface area contributed by atoms with E-state index in [1.54, 1.807) is 24.3 Å². The Morgan fingerprint density at radius 3 is 1.88 bits per heavy atom. The molecular weight excluding hydrogens is 333 g/mol. The molecule has 0 bridgehead atoms. The molecule has 2 aromatic rings. The molecule has 136 valence electrons. The Labute approximate surface area is 154 Å². The Kier molecular flexibility index (Phi) is 5.04. The second kappa shape index (κ2) is 6.97. The fraction of sp³-hybridized carbons (Fsp3) is 0.333. The minimum absolute atomic E-state index is 0.0500. The zero-order chi connectivity index (χ0) is 18.9. The molecule has 3 rings (SSSR count). The van der Waals surface area contributed by atoms with Gasteiger partial charge in [-0.15, -0.1) is 0 Å². The molecule has 1 saturated heterocycles. The molecule has 5 heteroatoms. The van der Waals surface area contributed by atoms with E-state index in [4.69, 9.17) is 9.31 Å². The Balaban J connectivity index is 1.77. The third-order valence-electron chi connectivity index (χ3n) is 5.24. The third-order valence-corrected chi connectivity index (χ3v) is 5.24. The van der Waals surface area contributed by atoms with Crippen LogP contribution in [-0.2, 0) is 15.7 Å². The molecule has 0 amide bonds. The smallest absolute Gasteiger partial charge is 0.399 e. The molecule has 0 atom stereocenters. The summed E-state index contributed by atoms with van der Waals surface area (Å²) in [6, 6.07) is 16.2. The average Bonchev–Trinajstić information content (AvgIpc) is 2.81. The maximum Gasteiger partial charge on any atom is 0.494 e. The van der Waals surface area contributed by atoms with Crippen molar-refractivity contribution < 1.29 is 18.1 Å². The summed E-state index contributed by atoms with van der Waals surface area (Å²) in [5.41, 5.74) is 1.49. The highest BCUT2D eigenvalue weighted by atomic mass is 19.3. The number of hydrogen-bond acceptors (Lipinski definition) is 2. The molecule has 2 nitrogen and oxygen atoms in total. The lowest BCUT2D eigenvalue weighted by molar-refractivity contribution is 0.00578. The molecule has 2 aromatic carbocycles. The third kappa shape index (κ3) is 3.74. The van der Waals surface area contributed by atoms with Crippen LogP contribution in [0.5, 0.6) is 0 Å². The normalized spacial score (nSPS) is 18.0. The van der Waals surface area contributed by atoms with Gasteiger partial charge in [0.25, 0.3) is 6.08 Å². The van der Waals surface area contributed by atoms with Crippen LogP contribution in [0.1, 0.15) is 38.8 Å². The highest BCUT2D eigenvalue weighted by Crippen LogP contribution is 2.36. The van der Waals surface area contributed by atoms with E-state index < -0.39 is 24.4 Å². The van der Waals surface area contributed by atoms with Crippen molar-refractivity contribution >= 4 is 18.2 Å². The van der Waals surface area contributed by atoms with Crippen LogP contribution in [0.25, 0.3) is 5.57 Å². The van der Waals surface area contributed by atoms with Gasteiger partial charge in [0.1, 0.15) is 0 Å². The molecule has 0 spiro atoms. The summed E-state index contributed by atoms with van der Waals surface area (Å²) >= 11 is 0. The van der Waals surface area contributed by atoms with Gasteiger partial charge in [0.05, 0.1) is 11.2 Å². The molecule has 0 unspecified atom stereocenters. The summed E-state index contributed by atoms with van der Waals surface area (Å²) in [4.78, 5) is 0. The molecule has 0 saturated carbocycles. The minimum atomic E-state index is -1.65. The van der Waals surface area contributed by atoms with E-state index in [2.05, 4.69) is 0 Å². The standard InChI is InChI=1S/C21H23BF2O2/c1-20(2)21(3,4)26-22(25-20)17-12-10-15(11-13-17)14-18(19(23)24)16-8-6-5-7-9-16/h5-13H,14H2,1-4H3. The van der Waals surface area contributed by atoms with E-state index in [1.807, 2.05) is 58.0 Å². The van der Waals surface area contributed by atoms with E-state index in [0.717, 1.165) is 11.0 Å². The van der Waals surface area contributed by atoms with Gasteiger partial charge in [0.2, 0.25) is 0 Å². The maximum atomic E-state index is 13.4. The molecule has 1 aliphatic rings. The molecule has 26 heavy (non-hydrogen) atoms. The Morgan fingerprint density at radius 2 is 1.38 bits per heavy atom. The first kappa shape index (κ1) is 18.8. The number of halogens is 2. The summed E-state index contributed by atoms with van der Waals surface area (Å²) in [5, 5.41) is 0. The molecule has 0 aromatic heterocycles. The molecular formula is C21H23BF2O2. The summed E-state index contributed by atoms with van der Waals surface area (Å²) in [6.07, 6.45) is -1.47. The van der Waals surface area contributed by atoms with Crippen LogP contribution >= 0.6 is 0 Å². The van der Waals surface area contributed by atoms with Crippen LogP contribution in [0, 0.1) is 0 Å². The molecule has 1 aliphatic heterocycles. The predicted octanol–water partition coefficient (Wildman–Crippen LogP) is 4.84. The predicted molar refractivity (Wildman–Crippen MR) is 101 cm³/mol. The Bertz CT molecular complexity index is 779. The molecule has 0 N–H and O–H groups in total. The van der Waals surface area contributed by atoms with Crippen LogP contribution in [-0.4, -0.2) is 18.3 Å². The fourth-order valence-electron chi connectivity index (χ4n) is 2.89. The monoisotopic (exact) mass is 356 g/mol. The summed E-state index contributed by atoms with van der Waals surface area (Å²) in [5.74, 6) is 0. The van der Waals surface area contributed by atoms with Crippen molar-refractivity contribution in [1.82, 2.24) is 0 Å². The van der Waals surface area contributed by atoms with Gasteiger partial charge in [0, 0.05) is 12.0 Å². The van der Waals surface area contributed by atoms with Crippen molar-refractivity contribution in [3.05, 3.63) is 71.8 Å². The van der Waals surface area contributed by atoms with E-state index in [1.165, 1.54) is 0 Å². The first-order chi connectivity index (χ1) is 12.2. The lowest BCUT2D eigenvalue weighted by Gasteiger charge is -2.32. The summed E-state index contributed by atoms with van der Waals surface area (Å²) in [7, 11) is -0.448. The van der Waals surface area contributed by atoms with Crippen molar-refractivity contribution in [3.63, 3.8) is 0 Å². The summed E-state index contributed by atoms with van der Waals surface area (Å²) < 4.78 is 38.9. The second-order valence-electron chi connectivity index (χ2n) is 7.61. The number of allylic oxidation sites excluding steroid dienone is 1. The van der Waals surface area contributed by atoms with Crippen LogP contribution in [0.2, 0.25) is 0 Å². The van der Waals surface area contributed by atoms with Crippen molar-refractivity contribution in [1.29, 1.82) is 0 Å². The molecule has 1 heterocycles. The topological polar surface area (TPSA) is 18.5 Å². The maximum absolute atomic E-state index is 13.4. The zero-order valence-electron chi connectivity index (χ0n) is 15.6. The quantitative estimate of drug-likeness (QED) is 0.730. The van der Waals surface area contributed by atoms with Gasteiger partial charge >= 0.3 is 7.12 Å². The van der Waals surface area contributed by atoms with Crippen molar-refractivity contribution in [2.75, 3.05) is 0 Å². The number of rotatable bonds is 4. The van der Waals surface area contributed by atoms with Crippen molar-refractivity contribution in [2.24, 2.45) is 0 Å². The van der Waals surface area contributed by atoms with E-state index in [9.17, 15) is 8.78 Å². The fourth-order valence-corrected chi connectivity index (χ4v) is 2.89. The first-order valence-corrected chi connectivity index (χ1v) is 8.74. The van der Waals surface area contributed by atoms with E-state index in [0.29, 0.717) is 5.56 Å². The summed E-state index contributed by atoms with van der Waals surface area (Å²) in [6.45, 7) is 8.01. The number of hydrogen-bond donors (Lipinski definition) is 0. The highest BCUT2D eigenvalue weighted by Gasteiger charge is 2.51. The minimum Gasteiger partial charge on any atom is -0.399 e. The van der Waals surface area contributed by atoms with Gasteiger partial charge in [-0.2, -0.15) is 8.78 Å². The molecule has 0 radical (unpaired) electrons. The average molecular weight is 356 g/mol. The first-order valence-electron chi connectivity index (χ1n) is 8.74. The highest BCUT2D eigenvalue weighted by molar-refractivity contribution is 6.62. The van der Waals surface area contributed by atoms with E-state index >= 15 is 0 Å². The second-order valence-corrected chi connectivity index (χ2v) is 7.61. The molecule has 1 fully saturated rings. The van der Waals surface area contributed by atoms with E-state index in [-0.39, 0.29) is 12.0 Å². The lowest BCUT2D eigenvalue weighted by atomic mass is 9.78. The van der Waals surface area contributed by atoms with Crippen LogP contribution in [0.4, 0.5) is 8.78 Å². The van der Waals surface area contributed by atoms with Gasteiger partial charge in [-0.25, -0.2) is 0 Å². The van der Waals surface area contributed by atoms with Crippen LogP contribution in [0.3, 0.4) is 0 Å². The van der Waals surface area contributed by atoms with Gasteiger partial charge in [-0.05, 0) is 44.3 Å². The van der Waals surface area contributed by atoms with Gasteiger partial charge in [-0.3, -0.25) is 0 Å². The SMILES string of the molecule is CC1(C)OB(c2ccc(CC(=C(F)F)c3ccccc3)cc2)OC1(C)C. The zero-order valence-corrected chi connectivity index (χ0v) is 15.6. The Morgan fingerprint density at radius 1 is 0.846 bits per heavy atom. The lowest BCUT2D eigenvalue weighted by Crippen LogP contribution is -2.41. The molecule has 0 aliphatic carbocycles. The largest absolute Gasteiger partial charge is 0.494 e. The number of benzene rings is 2. The van der Waals surface area contributed by atoms with Crippen LogP contribution < -0.4 is 5.46 Å². The van der Waals surface area contributed by atoms with Gasteiger partial charge in [-0.1, -0.05) is 54.6 Å². The Hall–Kier alpha value is -1.98. The van der Waals surface area contributed by atoms with Gasteiger partial charge in [0.15, 0.2) is 0 Å². The van der Waals surface area contributed by atoms with Crippen molar-refractivity contribution in [2.45, 2.75) is 45.3 Å².